The predicted molar refractivity (Wildman–Crippen MR) is 64.0 cm³/mol. The largest absolute Gasteiger partial charge is 0.477 e. The molecule has 6 nitrogen and oxygen atoms in total. The topological polar surface area (TPSA) is 92.2 Å². The van der Waals surface area contributed by atoms with E-state index in [1.807, 2.05) is 0 Å². The Morgan fingerprint density at radius 3 is 2.68 bits per heavy atom. The molecule has 19 heavy (non-hydrogen) atoms. The van der Waals surface area contributed by atoms with Gasteiger partial charge in [-0.3, -0.25) is 9.59 Å². The van der Waals surface area contributed by atoms with Crippen molar-refractivity contribution in [1.82, 2.24) is 9.55 Å². The number of H-pyrrole nitrogens is 1. The van der Waals surface area contributed by atoms with E-state index in [9.17, 15) is 18.8 Å². The van der Waals surface area contributed by atoms with E-state index in [-0.39, 0.29) is 17.1 Å². The molecule has 2 heterocycles. The summed E-state index contributed by atoms with van der Waals surface area (Å²) in [6.07, 6.45) is 2.87. The maximum absolute atomic E-state index is 13.3. The second kappa shape index (κ2) is 3.78. The number of halogens is 1. The van der Waals surface area contributed by atoms with Gasteiger partial charge in [-0.05, 0) is 18.9 Å². The molecule has 1 aliphatic rings. The quantitative estimate of drug-likeness (QED) is 0.841. The molecule has 0 spiro atoms. The van der Waals surface area contributed by atoms with Gasteiger partial charge in [0, 0.05) is 12.2 Å². The van der Waals surface area contributed by atoms with E-state index in [2.05, 4.69) is 4.98 Å². The number of fused-ring (bicyclic) bond motifs is 1. The smallest absolute Gasteiger partial charge is 0.341 e. The summed E-state index contributed by atoms with van der Waals surface area (Å²) >= 11 is 0. The molecule has 3 rings (SSSR count). The van der Waals surface area contributed by atoms with Crippen LogP contribution in [-0.2, 0) is 0 Å². The van der Waals surface area contributed by atoms with E-state index in [1.165, 1.54) is 10.8 Å². The van der Waals surface area contributed by atoms with Crippen LogP contribution in [0.3, 0.4) is 0 Å². The fourth-order valence-electron chi connectivity index (χ4n) is 2.07. The summed E-state index contributed by atoms with van der Waals surface area (Å²) in [5.41, 5.74) is -1.98. The molecule has 0 aliphatic heterocycles. The van der Waals surface area contributed by atoms with E-state index >= 15 is 0 Å². The summed E-state index contributed by atoms with van der Waals surface area (Å²) in [5, 5.41) is 8.88. The Bertz CT molecular complexity index is 817. The van der Waals surface area contributed by atoms with Crippen LogP contribution in [0.25, 0.3) is 11.0 Å². The van der Waals surface area contributed by atoms with Crippen LogP contribution >= 0.6 is 0 Å². The first-order chi connectivity index (χ1) is 8.99. The standard InChI is InChI=1S/C12H9FN2O4/c13-8-3-6-9(16)7(12(18)19)4-15(5-1-2-5)10(6)14-11(8)17/h3-5H,1-2H2,(H,14,17)(H,18,19). The average Bonchev–Trinajstić information content (AvgIpc) is 3.16. The van der Waals surface area contributed by atoms with Gasteiger partial charge >= 0.3 is 5.97 Å². The normalized spacial score (nSPS) is 14.8. The molecule has 0 unspecified atom stereocenters. The van der Waals surface area contributed by atoms with Crippen molar-refractivity contribution in [3.63, 3.8) is 0 Å². The first-order valence-electron chi connectivity index (χ1n) is 5.70. The van der Waals surface area contributed by atoms with Gasteiger partial charge in [-0.15, -0.1) is 0 Å². The summed E-state index contributed by atoms with van der Waals surface area (Å²) in [5.74, 6) is -2.47. The molecule has 2 aromatic rings. The van der Waals surface area contributed by atoms with E-state index in [1.54, 1.807) is 0 Å². The zero-order chi connectivity index (χ0) is 13.7. The molecule has 1 aliphatic carbocycles. The van der Waals surface area contributed by atoms with Gasteiger partial charge in [-0.1, -0.05) is 0 Å². The van der Waals surface area contributed by atoms with Gasteiger partial charge in [0.2, 0.25) is 5.43 Å². The molecule has 0 amide bonds. The Labute approximate surface area is 105 Å². The number of pyridine rings is 2. The van der Waals surface area contributed by atoms with E-state index in [0.717, 1.165) is 18.9 Å². The van der Waals surface area contributed by atoms with Crippen LogP contribution in [0.2, 0.25) is 0 Å². The van der Waals surface area contributed by atoms with Crippen molar-refractivity contribution < 1.29 is 14.3 Å². The number of rotatable bonds is 2. The minimum atomic E-state index is -1.37. The van der Waals surface area contributed by atoms with E-state index in [4.69, 9.17) is 5.11 Å². The van der Waals surface area contributed by atoms with Gasteiger partial charge in [-0.25, -0.2) is 9.18 Å². The van der Waals surface area contributed by atoms with Crippen molar-refractivity contribution in [3.05, 3.63) is 44.2 Å². The molecule has 7 heteroatoms. The highest BCUT2D eigenvalue weighted by Crippen LogP contribution is 2.36. The van der Waals surface area contributed by atoms with Crippen LogP contribution in [0.1, 0.15) is 29.2 Å². The number of carbonyl (C=O) groups is 1. The second-order valence-electron chi connectivity index (χ2n) is 4.52. The van der Waals surface area contributed by atoms with Crippen molar-refractivity contribution in [2.75, 3.05) is 0 Å². The number of carboxylic acid groups (broad SMARTS) is 1. The molecule has 0 aromatic carbocycles. The highest BCUT2D eigenvalue weighted by Gasteiger charge is 2.27. The third-order valence-corrected chi connectivity index (χ3v) is 3.16. The monoisotopic (exact) mass is 264 g/mol. The molecule has 0 atom stereocenters. The van der Waals surface area contributed by atoms with Gasteiger partial charge in [0.1, 0.15) is 11.2 Å². The Morgan fingerprint density at radius 1 is 1.42 bits per heavy atom. The Hall–Kier alpha value is -2.44. The summed E-state index contributed by atoms with van der Waals surface area (Å²) in [7, 11) is 0. The molecule has 2 aromatic heterocycles. The molecule has 0 radical (unpaired) electrons. The fourth-order valence-corrected chi connectivity index (χ4v) is 2.07. The fraction of sp³-hybridized carbons (Fsp3) is 0.250. The van der Waals surface area contributed by atoms with Crippen molar-refractivity contribution in [1.29, 1.82) is 0 Å². The Balaban J connectivity index is 2.49. The SMILES string of the molecule is O=C(O)c1cn(C2CC2)c2[nH]c(=O)c(F)cc2c1=O. The van der Waals surface area contributed by atoms with Crippen LogP contribution < -0.4 is 11.0 Å². The van der Waals surface area contributed by atoms with Crippen LogP contribution in [-0.4, -0.2) is 20.6 Å². The minimum absolute atomic E-state index is 0.0438. The van der Waals surface area contributed by atoms with Crippen molar-refractivity contribution >= 4 is 17.0 Å². The number of nitrogens with one attached hydrogen (secondary N) is 1. The third-order valence-electron chi connectivity index (χ3n) is 3.16. The van der Waals surface area contributed by atoms with Crippen molar-refractivity contribution in [2.45, 2.75) is 18.9 Å². The van der Waals surface area contributed by atoms with Crippen molar-refractivity contribution in [2.24, 2.45) is 0 Å². The number of aromatic nitrogens is 2. The lowest BCUT2D eigenvalue weighted by Gasteiger charge is -2.10. The summed E-state index contributed by atoms with van der Waals surface area (Å²) < 4.78 is 14.8. The van der Waals surface area contributed by atoms with E-state index < -0.39 is 28.3 Å². The molecule has 0 bridgehead atoms. The summed E-state index contributed by atoms with van der Waals surface area (Å²) in [6, 6.07) is 0.837. The number of aromatic amines is 1. The van der Waals surface area contributed by atoms with Crippen molar-refractivity contribution in [3.8, 4) is 0 Å². The Kier molecular flexibility index (Phi) is 2.31. The maximum atomic E-state index is 13.3. The number of carboxylic acids is 1. The van der Waals surface area contributed by atoms with Gasteiger partial charge in [0.05, 0.1) is 5.39 Å². The lowest BCUT2D eigenvalue weighted by molar-refractivity contribution is 0.0695. The summed E-state index contributed by atoms with van der Waals surface area (Å²) in [6.45, 7) is 0. The van der Waals surface area contributed by atoms with E-state index in [0.29, 0.717) is 0 Å². The van der Waals surface area contributed by atoms with Crippen LogP contribution in [0.4, 0.5) is 4.39 Å². The molecule has 1 fully saturated rings. The van der Waals surface area contributed by atoms with Gasteiger partial charge in [0.25, 0.3) is 5.56 Å². The van der Waals surface area contributed by atoms with Crippen LogP contribution in [0, 0.1) is 5.82 Å². The molecular weight excluding hydrogens is 255 g/mol. The molecule has 98 valence electrons. The van der Waals surface area contributed by atoms with Crippen LogP contribution in [0.15, 0.2) is 21.9 Å². The first-order valence-corrected chi connectivity index (χ1v) is 5.70. The second-order valence-corrected chi connectivity index (χ2v) is 4.52. The lowest BCUT2D eigenvalue weighted by atomic mass is 10.2. The average molecular weight is 264 g/mol. The first kappa shape index (κ1) is 11.6. The van der Waals surface area contributed by atoms with Gasteiger partial charge in [-0.2, -0.15) is 0 Å². The maximum Gasteiger partial charge on any atom is 0.341 e. The zero-order valence-electron chi connectivity index (χ0n) is 9.64. The Morgan fingerprint density at radius 2 is 2.11 bits per heavy atom. The lowest BCUT2D eigenvalue weighted by Crippen LogP contribution is -2.22. The minimum Gasteiger partial charge on any atom is -0.477 e. The molecular formula is C12H9FN2O4. The van der Waals surface area contributed by atoms with Gasteiger partial charge < -0.3 is 14.7 Å². The predicted octanol–water partition coefficient (Wildman–Crippen LogP) is 0.862. The molecule has 1 saturated carbocycles. The molecule has 0 saturated heterocycles. The van der Waals surface area contributed by atoms with Crippen LogP contribution in [0.5, 0.6) is 0 Å². The number of aromatic carboxylic acids is 1. The van der Waals surface area contributed by atoms with Gasteiger partial charge in [0.15, 0.2) is 5.82 Å². The number of hydrogen-bond acceptors (Lipinski definition) is 3. The third kappa shape index (κ3) is 1.74. The summed E-state index contributed by atoms with van der Waals surface area (Å²) in [4.78, 5) is 36.6. The number of hydrogen-bond donors (Lipinski definition) is 2. The highest BCUT2D eigenvalue weighted by atomic mass is 19.1. The number of nitrogens with zero attached hydrogens (tertiary/aromatic N) is 1. The highest BCUT2D eigenvalue weighted by molar-refractivity contribution is 5.91. The zero-order valence-corrected chi connectivity index (χ0v) is 9.64. The molecule has 2 N–H and O–H groups in total.